The first-order chi connectivity index (χ1) is 5.07. The second-order valence-corrected chi connectivity index (χ2v) is 6.27. The molecule has 0 radical (unpaired) electrons. The van der Waals surface area contributed by atoms with E-state index in [9.17, 15) is 4.39 Å². The topological polar surface area (TPSA) is 0 Å². The van der Waals surface area contributed by atoms with E-state index in [-0.39, 0.29) is 11.9 Å². The normalized spacial score (nSPS) is 14.5. The van der Waals surface area contributed by atoms with Crippen LogP contribution in [0.3, 0.4) is 0 Å². The molecule has 0 amide bonds. The molecule has 0 rings (SSSR count). The van der Waals surface area contributed by atoms with E-state index in [0.29, 0.717) is 11.2 Å². The lowest BCUT2D eigenvalue weighted by molar-refractivity contribution is 0.433. The molecule has 0 heterocycles. The molecule has 0 aliphatic heterocycles. The Morgan fingerprint density at radius 1 is 1.09 bits per heavy atom. The van der Waals surface area contributed by atoms with E-state index in [1.54, 1.807) is 21.6 Å². The van der Waals surface area contributed by atoms with Gasteiger partial charge in [-0.1, -0.05) is 49.3 Å². The summed E-state index contributed by atoms with van der Waals surface area (Å²) in [6.07, 6.45) is 0. The smallest absolute Gasteiger partial charge is 0.102 e. The molecule has 0 aliphatic carbocycles. The van der Waals surface area contributed by atoms with Crippen LogP contribution in [0.4, 0.5) is 4.39 Å². The number of halogens is 1. The van der Waals surface area contributed by atoms with E-state index < -0.39 is 0 Å². The van der Waals surface area contributed by atoms with Crippen molar-refractivity contribution in [2.75, 3.05) is 6.67 Å². The van der Waals surface area contributed by atoms with Crippen molar-refractivity contribution >= 4 is 21.6 Å². The summed E-state index contributed by atoms with van der Waals surface area (Å²) in [5.41, 5.74) is 0. The zero-order chi connectivity index (χ0) is 8.85. The molecule has 3 heteroatoms. The van der Waals surface area contributed by atoms with Crippen molar-refractivity contribution in [3.8, 4) is 0 Å². The molecule has 0 aromatic carbocycles. The summed E-state index contributed by atoms with van der Waals surface area (Å²) in [6, 6.07) is 0. The third-order valence-corrected chi connectivity index (χ3v) is 4.91. The minimum absolute atomic E-state index is 0.169. The van der Waals surface area contributed by atoms with Crippen molar-refractivity contribution in [1.82, 2.24) is 0 Å². The summed E-state index contributed by atoms with van der Waals surface area (Å²) < 4.78 is 12.3. The van der Waals surface area contributed by atoms with Gasteiger partial charge in [0, 0.05) is 10.5 Å². The van der Waals surface area contributed by atoms with E-state index in [0.717, 1.165) is 0 Å². The van der Waals surface area contributed by atoms with Crippen LogP contribution in [-0.4, -0.2) is 17.2 Å². The largest absolute Gasteiger partial charge is 0.250 e. The molecule has 0 bridgehead atoms. The monoisotopic (exact) mass is 196 g/mol. The summed E-state index contributed by atoms with van der Waals surface area (Å²) in [4.78, 5) is 0. The van der Waals surface area contributed by atoms with Gasteiger partial charge in [-0.3, -0.25) is 0 Å². The Bertz CT molecular complexity index is 94.1. The standard InChI is InChI=1S/C8H17FS2/c1-6(2)8(5-9)11-10-7(3)4/h6-8H,5H2,1-4H3/t8-/m0/s1. The van der Waals surface area contributed by atoms with Crippen molar-refractivity contribution in [3.05, 3.63) is 0 Å². The minimum Gasteiger partial charge on any atom is -0.250 e. The van der Waals surface area contributed by atoms with Gasteiger partial charge >= 0.3 is 0 Å². The molecule has 0 N–H and O–H groups in total. The van der Waals surface area contributed by atoms with Gasteiger partial charge in [0.15, 0.2) is 0 Å². The van der Waals surface area contributed by atoms with Crippen molar-refractivity contribution < 1.29 is 4.39 Å². The van der Waals surface area contributed by atoms with Crippen LogP contribution in [0.5, 0.6) is 0 Å². The van der Waals surface area contributed by atoms with E-state index >= 15 is 0 Å². The molecule has 0 saturated heterocycles. The predicted molar refractivity (Wildman–Crippen MR) is 54.9 cm³/mol. The lowest BCUT2D eigenvalue weighted by Gasteiger charge is -2.16. The quantitative estimate of drug-likeness (QED) is 0.614. The number of rotatable bonds is 5. The maximum absolute atomic E-state index is 12.3. The van der Waals surface area contributed by atoms with Gasteiger partial charge in [-0.25, -0.2) is 4.39 Å². The third kappa shape index (κ3) is 5.85. The molecular weight excluding hydrogens is 179 g/mol. The molecule has 0 aromatic heterocycles. The van der Waals surface area contributed by atoms with E-state index in [4.69, 9.17) is 0 Å². The Morgan fingerprint density at radius 3 is 1.91 bits per heavy atom. The molecule has 68 valence electrons. The SMILES string of the molecule is CC(C)SS[C@@H](CF)C(C)C. The van der Waals surface area contributed by atoms with Crippen LogP contribution in [0.2, 0.25) is 0 Å². The Kier molecular flexibility index (Phi) is 6.53. The van der Waals surface area contributed by atoms with Crippen LogP contribution in [0, 0.1) is 5.92 Å². The lowest BCUT2D eigenvalue weighted by atomic mass is 10.1. The highest BCUT2D eigenvalue weighted by Gasteiger charge is 2.14. The molecule has 0 aromatic rings. The Morgan fingerprint density at radius 2 is 1.64 bits per heavy atom. The Hall–Kier alpha value is 0.630. The van der Waals surface area contributed by atoms with Crippen LogP contribution >= 0.6 is 21.6 Å². The lowest BCUT2D eigenvalue weighted by Crippen LogP contribution is -2.12. The molecule has 1 atom stereocenters. The molecular formula is C8H17FS2. The molecule has 0 aliphatic rings. The first-order valence-electron chi connectivity index (χ1n) is 3.96. The first kappa shape index (κ1) is 11.6. The first-order valence-corrected chi connectivity index (χ1v) is 6.23. The molecule has 0 saturated carbocycles. The fourth-order valence-electron chi connectivity index (χ4n) is 0.497. The summed E-state index contributed by atoms with van der Waals surface area (Å²) in [6.45, 7) is 8.19. The van der Waals surface area contributed by atoms with Crippen molar-refractivity contribution in [1.29, 1.82) is 0 Å². The van der Waals surface area contributed by atoms with Crippen molar-refractivity contribution in [3.63, 3.8) is 0 Å². The highest BCUT2D eigenvalue weighted by atomic mass is 33.1. The molecule has 0 unspecified atom stereocenters. The summed E-state index contributed by atoms with van der Waals surface area (Å²) in [5.74, 6) is 0.441. The number of hydrogen-bond donors (Lipinski definition) is 0. The van der Waals surface area contributed by atoms with E-state index in [1.165, 1.54) is 0 Å². The van der Waals surface area contributed by atoms with Crippen LogP contribution in [0.1, 0.15) is 27.7 Å². The minimum atomic E-state index is -0.206. The highest BCUT2D eigenvalue weighted by Crippen LogP contribution is 2.34. The predicted octanol–water partition coefficient (Wildman–Crippen LogP) is 3.77. The van der Waals surface area contributed by atoms with Gasteiger partial charge in [-0.15, -0.1) is 0 Å². The van der Waals surface area contributed by atoms with Crippen molar-refractivity contribution in [2.24, 2.45) is 5.92 Å². The van der Waals surface area contributed by atoms with Gasteiger partial charge in [0.1, 0.15) is 6.67 Å². The highest BCUT2D eigenvalue weighted by molar-refractivity contribution is 8.77. The zero-order valence-electron chi connectivity index (χ0n) is 7.63. The molecule has 0 spiro atoms. The average Bonchev–Trinajstić information content (AvgIpc) is 1.87. The molecule has 0 nitrogen and oxygen atoms in total. The van der Waals surface area contributed by atoms with Gasteiger partial charge < -0.3 is 0 Å². The maximum Gasteiger partial charge on any atom is 0.102 e. The summed E-state index contributed by atoms with van der Waals surface area (Å²) in [7, 11) is 3.45. The van der Waals surface area contributed by atoms with Gasteiger partial charge in [0.25, 0.3) is 0 Å². The fourth-order valence-corrected chi connectivity index (χ4v) is 3.05. The van der Waals surface area contributed by atoms with Gasteiger partial charge in [-0.05, 0) is 5.92 Å². The Balaban J connectivity index is 3.52. The van der Waals surface area contributed by atoms with Gasteiger partial charge in [0.05, 0.1) is 0 Å². The maximum atomic E-state index is 12.3. The number of hydrogen-bond acceptors (Lipinski definition) is 2. The van der Waals surface area contributed by atoms with E-state index in [1.807, 2.05) is 0 Å². The molecule has 0 fully saturated rings. The van der Waals surface area contributed by atoms with Gasteiger partial charge in [-0.2, -0.15) is 0 Å². The Labute approximate surface area is 77.1 Å². The average molecular weight is 196 g/mol. The van der Waals surface area contributed by atoms with Gasteiger partial charge in [0.2, 0.25) is 0 Å². The van der Waals surface area contributed by atoms with Crippen LogP contribution in [0.15, 0.2) is 0 Å². The second-order valence-electron chi connectivity index (χ2n) is 3.18. The zero-order valence-corrected chi connectivity index (χ0v) is 9.27. The van der Waals surface area contributed by atoms with Crippen LogP contribution in [0.25, 0.3) is 0 Å². The second kappa shape index (κ2) is 6.18. The van der Waals surface area contributed by atoms with E-state index in [2.05, 4.69) is 27.7 Å². The summed E-state index contributed by atoms with van der Waals surface area (Å²) >= 11 is 0. The molecule has 11 heavy (non-hydrogen) atoms. The van der Waals surface area contributed by atoms with Crippen LogP contribution in [-0.2, 0) is 0 Å². The van der Waals surface area contributed by atoms with Crippen LogP contribution < -0.4 is 0 Å². The fraction of sp³-hybridized carbons (Fsp3) is 1.00. The third-order valence-electron chi connectivity index (χ3n) is 1.27. The summed E-state index contributed by atoms with van der Waals surface area (Å²) in [5, 5.41) is 0.759. The van der Waals surface area contributed by atoms with Crippen molar-refractivity contribution in [2.45, 2.75) is 38.2 Å². The number of alkyl halides is 1.